The Kier molecular flexibility index (Phi) is 3.11. The second kappa shape index (κ2) is 5.05. The minimum absolute atomic E-state index is 0.355. The number of hydrogen-bond donors (Lipinski definition) is 0. The maximum atomic E-state index is 6.58. The quantitative estimate of drug-likeness (QED) is 0.724. The molecule has 2 aliphatic heterocycles. The molecule has 2 aromatic carbocycles. The Balaban J connectivity index is 2.06. The van der Waals surface area contributed by atoms with Gasteiger partial charge in [0.05, 0.1) is 19.5 Å². The Labute approximate surface area is 139 Å². The van der Waals surface area contributed by atoms with Gasteiger partial charge in [-0.25, -0.2) is 9.98 Å². The number of aliphatic imine (C=N–C) groups is 2. The van der Waals surface area contributed by atoms with E-state index in [4.69, 9.17) is 16.3 Å². The maximum absolute atomic E-state index is 6.58. The van der Waals surface area contributed by atoms with Crippen LogP contribution in [0, 0.1) is 6.92 Å². The molecule has 0 bridgehead atoms. The van der Waals surface area contributed by atoms with Crippen LogP contribution in [0.3, 0.4) is 0 Å². The molecular weight excluding hydrogens is 310 g/mol. The predicted octanol–water partition coefficient (Wildman–Crippen LogP) is 4.90. The molecule has 0 aliphatic carbocycles. The van der Waals surface area contributed by atoms with Crippen LogP contribution < -0.4 is 9.22 Å². The highest BCUT2D eigenvalue weighted by molar-refractivity contribution is 6.34. The summed E-state index contributed by atoms with van der Waals surface area (Å²) in [6, 6.07) is 11.8. The van der Waals surface area contributed by atoms with Crippen LogP contribution in [-0.4, -0.2) is 19.7 Å². The van der Waals surface area contributed by atoms with E-state index < -0.39 is 0 Å². The molecule has 0 fully saturated rings. The number of rotatable bonds is 2. The minimum Gasteiger partial charge on any atom is -0.497 e. The fourth-order valence-electron chi connectivity index (χ4n) is 3.24. The molecule has 5 heteroatoms. The Morgan fingerprint density at radius 3 is 2.83 bits per heavy atom. The molecule has 4 nitrogen and oxygen atoms in total. The van der Waals surface area contributed by atoms with Crippen molar-refractivity contribution in [2.75, 3.05) is 7.11 Å². The highest BCUT2D eigenvalue weighted by Crippen LogP contribution is 2.51. The number of fused-ring (bicyclic) bond motifs is 3. The number of hydrogen-bond acceptors (Lipinski definition) is 3. The molecular formula is C18H15ClN3O+. The molecule has 114 valence electrons. The lowest BCUT2D eigenvalue weighted by molar-refractivity contribution is 0.415. The van der Waals surface area contributed by atoms with Gasteiger partial charge in [0.2, 0.25) is 6.34 Å². The van der Waals surface area contributed by atoms with Gasteiger partial charge in [-0.2, -0.15) is 4.48 Å². The van der Waals surface area contributed by atoms with E-state index in [0.717, 1.165) is 34.1 Å². The van der Waals surface area contributed by atoms with Gasteiger partial charge in [0, 0.05) is 17.7 Å². The van der Waals surface area contributed by atoms with E-state index in [-0.39, 0.29) is 0 Å². The van der Waals surface area contributed by atoms with Gasteiger partial charge in [-0.1, -0.05) is 23.7 Å². The molecule has 0 amide bonds. The van der Waals surface area contributed by atoms with E-state index in [1.807, 2.05) is 49.1 Å². The van der Waals surface area contributed by atoms with Gasteiger partial charge in [0.15, 0.2) is 17.1 Å². The second-order valence-corrected chi connectivity index (χ2v) is 5.97. The smallest absolute Gasteiger partial charge is 0.205 e. The Bertz CT molecular complexity index is 881. The molecule has 2 aromatic rings. The third-order valence-electron chi connectivity index (χ3n) is 4.29. The van der Waals surface area contributed by atoms with Gasteiger partial charge in [0.1, 0.15) is 16.5 Å². The number of aryl methyl sites for hydroxylation is 1. The van der Waals surface area contributed by atoms with Crippen LogP contribution in [0.1, 0.15) is 5.56 Å². The summed E-state index contributed by atoms with van der Waals surface area (Å²) in [5, 5.41) is 0.710. The normalized spacial score (nSPS) is 20.9. The van der Waals surface area contributed by atoms with Crippen LogP contribution in [0.2, 0.25) is 5.02 Å². The highest BCUT2D eigenvalue weighted by atomic mass is 35.5. The molecule has 1 unspecified atom stereocenters. The first-order chi connectivity index (χ1) is 11.2. The Hall–Kier alpha value is -2.43. The van der Waals surface area contributed by atoms with Crippen LogP contribution in [0.5, 0.6) is 5.75 Å². The van der Waals surface area contributed by atoms with E-state index >= 15 is 0 Å². The monoisotopic (exact) mass is 324 g/mol. The number of benzene rings is 2. The molecule has 0 spiro atoms. The highest BCUT2D eigenvalue weighted by Gasteiger charge is 2.45. The zero-order chi connectivity index (χ0) is 16.0. The minimum atomic E-state index is 0.355. The Morgan fingerprint density at radius 2 is 2.04 bits per heavy atom. The summed E-state index contributed by atoms with van der Waals surface area (Å²) in [5.41, 5.74) is 4.94. The molecule has 0 radical (unpaired) electrons. The van der Waals surface area contributed by atoms with Crippen LogP contribution in [0.4, 0.5) is 17.1 Å². The maximum Gasteiger partial charge on any atom is 0.205 e. The van der Waals surface area contributed by atoms with E-state index in [0.29, 0.717) is 9.51 Å². The fourth-order valence-corrected chi connectivity index (χ4v) is 3.59. The summed E-state index contributed by atoms with van der Waals surface area (Å²) < 4.78 is 5.68. The third kappa shape index (κ3) is 1.89. The number of nitrogens with zero attached hydrogens (tertiary/aromatic N) is 3. The SMILES string of the molecule is COc1ccc2c(c1)N=CC1=CN=C[N+]12c1c(C)cccc1Cl. The van der Waals surface area contributed by atoms with Gasteiger partial charge in [-0.05, 0) is 19.1 Å². The van der Waals surface area contributed by atoms with Crippen LogP contribution in [0.25, 0.3) is 0 Å². The summed E-state index contributed by atoms with van der Waals surface area (Å²) in [6.07, 6.45) is 5.58. The zero-order valence-corrected chi connectivity index (χ0v) is 13.6. The molecule has 4 rings (SSSR count). The van der Waals surface area contributed by atoms with Gasteiger partial charge in [-0.15, -0.1) is 0 Å². The largest absolute Gasteiger partial charge is 0.497 e. The van der Waals surface area contributed by atoms with E-state index in [9.17, 15) is 0 Å². The van der Waals surface area contributed by atoms with Crippen molar-refractivity contribution in [3.8, 4) is 5.75 Å². The van der Waals surface area contributed by atoms with Crippen LogP contribution in [-0.2, 0) is 0 Å². The van der Waals surface area contributed by atoms with Crippen molar-refractivity contribution in [1.29, 1.82) is 0 Å². The van der Waals surface area contributed by atoms with Crippen LogP contribution >= 0.6 is 11.6 Å². The lowest BCUT2D eigenvalue weighted by atomic mass is 10.1. The number of allylic oxidation sites excluding steroid dienone is 1. The standard InChI is InChI=1S/C18H15ClN3O/c1-12-4-3-5-15(19)18(12)22-11-20-9-13(22)10-21-16-8-14(23-2)6-7-17(16)22/h3-11H,1-2H3/q+1. The molecule has 0 aromatic heterocycles. The first-order valence-electron chi connectivity index (χ1n) is 7.29. The molecule has 23 heavy (non-hydrogen) atoms. The summed E-state index contributed by atoms with van der Waals surface area (Å²) in [7, 11) is 1.65. The molecule has 2 heterocycles. The van der Waals surface area contributed by atoms with Crippen molar-refractivity contribution in [2.24, 2.45) is 9.98 Å². The number of para-hydroxylation sites is 1. The molecule has 2 aliphatic rings. The summed E-state index contributed by atoms with van der Waals surface area (Å²) in [5.74, 6) is 0.776. The first-order valence-corrected chi connectivity index (χ1v) is 7.67. The van der Waals surface area contributed by atoms with Gasteiger partial charge >= 0.3 is 0 Å². The van der Waals surface area contributed by atoms with E-state index in [1.54, 1.807) is 7.11 Å². The van der Waals surface area contributed by atoms with Crippen LogP contribution in [0.15, 0.2) is 58.3 Å². The average molecular weight is 325 g/mol. The number of methoxy groups -OCH3 is 1. The molecule has 1 atom stereocenters. The van der Waals surface area contributed by atoms with Gasteiger partial charge < -0.3 is 4.74 Å². The topological polar surface area (TPSA) is 34.0 Å². The second-order valence-electron chi connectivity index (χ2n) is 5.56. The lowest BCUT2D eigenvalue weighted by Crippen LogP contribution is -2.42. The van der Waals surface area contributed by atoms with Crippen molar-refractivity contribution in [2.45, 2.75) is 6.92 Å². The first kappa shape index (κ1) is 14.2. The van der Waals surface area contributed by atoms with Gasteiger partial charge in [-0.3, -0.25) is 0 Å². The number of halogens is 1. The van der Waals surface area contributed by atoms with E-state index in [2.05, 4.69) is 23.0 Å². The van der Waals surface area contributed by atoms with Gasteiger partial charge in [0.25, 0.3) is 0 Å². The lowest BCUT2D eigenvalue weighted by Gasteiger charge is -2.34. The summed E-state index contributed by atoms with van der Waals surface area (Å²) >= 11 is 6.58. The molecule has 0 N–H and O–H groups in total. The Morgan fingerprint density at radius 1 is 1.17 bits per heavy atom. The fraction of sp³-hybridized carbons (Fsp3) is 0.111. The number of ether oxygens (including phenoxy) is 1. The van der Waals surface area contributed by atoms with Crippen molar-refractivity contribution in [3.05, 3.63) is 58.9 Å². The molecule has 0 saturated carbocycles. The predicted molar refractivity (Wildman–Crippen MR) is 95.4 cm³/mol. The number of quaternary nitrogens is 1. The van der Waals surface area contributed by atoms with Crippen molar-refractivity contribution < 1.29 is 4.74 Å². The third-order valence-corrected chi connectivity index (χ3v) is 4.60. The van der Waals surface area contributed by atoms with E-state index in [1.165, 1.54) is 0 Å². The molecule has 0 saturated heterocycles. The summed E-state index contributed by atoms with van der Waals surface area (Å²) in [4.78, 5) is 8.97. The van der Waals surface area contributed by atoms with Crippen molar-refractivity contribution in [3.63, 3.8) is 0 Å². The van der Waals surface area contributed by atoms with Crippen molar-refractivity contribution >= 4 is 41.2 Å². The van der Waals surface area contributed by atoms with Crippen molar-refractivity contribution in [1.82, 2.24) is 4.48 Å². The zero-order valence-electron chi connectivity index (χ0n) is 12.8. The average Bonchev–Trinajstić information content (AvgIpc) is 2.99. The summed E-state index contributed by atoms with van der Waals surface area (Å²) in [6.45, 7) is 2.06.